The number of rotatable bonds is 4. The maximum absolute atomic E-state index is 12.3. The van der Waals surface area contributed by atoms with Crippen LogP contribution in [0.3, 0.4) is 0 Å². The van der Waals surface area contributed by atoms with Crippen molar-refractivity contribution in [3.63, 3.8) is 0 Å². The monoisotopic (exact) mass is 296 g/mol. The molecule has 21 heavy (non-hydrogen) atoms. The van der Waals surface area contributed by atoms with Crippen molar-refractivity contribution < 1.29 is 18.3 Å². The molecule has 1 saturated heterocycles. The number of ether oxygens (including phenoxy) is 1. The van der Waals surface area contributed by atoms with Crippen LogP contribution in [0.2, 0.25) is 0 Å². The summed E-state index contributed by atoms with van der Waals surface area (Å²) in [5.41, 5.74) is 0.883. The van der Waals surface area contributed by atoms with Gasteiger partial charge in [-0.15, -0.1) is 0 Å². The summed E-state index contributed by atoms with van der Waals surface area (Å²) < 4.78 is 28.7. The predicted octanol–water partition coefficient (Wildman–Crippen LogP) is 2.52. The summed E-state index contributed by atoms with van der Waals surface area (Å²) in [5, 5.41) is 3.26. The third-order valence-electron chi connectivity index (χ3n) is 4.16. The van der Waals surface area contributed by atoms with E-state index in [0.717, 1.165) is 12.0 Å². The minimum Gasteiger partial charge on any atom is -0.435 e. The first-order valence-corrected chi connectivity index (χ1v) is 7.10. The third kappa shape index (κ3) is 2.72. The quantitative estimate of drug-likeness (QED) is 0.928. The molecule has 2 fully saturated rings. The minimum atomic E-state index is -2.83. The molecule has 0 radical (unpaired) electrons. The highest BCUT2D eigenvalue weighted by Gasteiger charge is 2.49. The van der Waals surface area contributed by atoms with Gasteiger partial charge in [0.15, 0.2) is 0 Å². The zero-order valence-electron chi connectivity index (χ0n) is 11.9. The molecule has 1 heterocycles. The first kappa shape index (κ1) is 14.3. The molecule has 0 spiro atoms. The molecule has 1 aliphatic carbocycles. The fourth-order valence-corrected chi connectivity index (χ4v) is 2.87. The van der Waals surface area contributed by atoms with Gasteiger partial charge in [-0.05, 0) is 37.0 Å². The van der Waals surface area contributed by atoms with Crippen molar-refractivity contribution in [2.24, 2.45) is 5.92 Å². The number of benzene rings is 1. The molecule has 3 rings (SSSR count). The van der Waals surface area contributed by atoms with E-state index in [9.17, 15) is 13.6 Å². The fourth-order valence-electron chi connectivity index (χ4n) is 2.87. The van der Waals surface area contributed by atoms with E-state index in [1.54, 1.807) is 12.1 Å². The van der Waals surface area contributed by atoms with Gasteiger partial charge < -0.3 is 9.64 Å². The number of alkyl halides is 2. The van der Waals surface area contributed by atoms with Gasteiger partial charge in [0, 0.05) is 6.04 Å². The first-order valence-electron chi connectivity index (χ1n) is 7.10. The van der Waals surface area contributed by atoms with Gasteiger partial charge >= 0.3 is 6.61 Å². The zero-order valence-corrected chi connectivity index (χ0v) is 11.9. The molecule has 1 aliphatic heterocycles. The Labute approximate surface area is 122 Å². The Kier molecular flexibility index (Phi) is 3.57. The van der Waals surface area contributed by atoms with Gasteiger partial charge in [-0.2, -0.15) is 8.78 Å². The summed E-state index contributed by atoms with van der Waals surface area (Å²) in [7, 11) is 0. The van der Waals surface area contributed by atoms with E-state index in [0.29, 0.717) is 5.92 Å². The topological polar surface area (TPSA) is 41.6 Å². The number of halogens is 2. The maximum Gasteiger partial charge on any atom is 0.387 e. The van der Waals surface area contributed by atoms with Crippen LogP contribution in [0.15, 0.2) is 24.3 Å². The average molecular weight is 296 g/mol. The normalized spacial score (nSPS) is 31.9. The van der Waals surface area contributed by atoms with Crippen LogP contribution in [0.25, 0.3) is 0 Å². The highest BCUT2D eigenvalue weighted by atomic mass is 19.3. The Balaban J connectivity index is 1.80. The van der Waals surface area contributed by atoms with E-state index in [2.05, 4.69) is 17.0 Å². The first-order chi connectivity index (χ1) is 9.97. The second-order valence-corrected chi connectivity index (χ2v) is 5.76. The number of nitrogens with one attached hydrogen (secondary N) is 1. The number of nitrogens with zero attached hydrogens (tertiary/aromatic N) is 1. The predicted molar refractivity (Wildman–Crippen MR) is 72.8 cm³/mol. The average Bonchev–Trinajstić information content (AvgIpc) is 3.06. The Morgan fingerprint density at radius 1 is 1.29 bits per heavy atom. The maximum atomic E-state index is 12.3. The van der Waals surface area contributed by atoms with E-state index in [1.165, 1.54) is 12.1 Å². The number of hydrogen-bond donors (Lipinski definition) is 1. The van der Waals surface area contributed by atoms with Crippen molar-refractivity contribution in [2.45, 2.75) is 45.1 Å². The molecule has 4 nitrogen and oxygen atoms in total. The van der Waals surface area contributed by atoms with Gasteiger partial charge in [0.25, 0.3) is 0 Å². The van der Waals surface area contributed by atoms with Crippen LogP contribution in [0.5, 0.6) is 5.75 Å². The second-order valence-electron chi connectivity index (χ2n) is 5.76. The third-order valence-corrected chi connectivity index (χ3v) is 4.16. The van der Waals surface area contributed by atoms with Crippen LogP contribution in [-0.4, -0.2) is 29.5 Å². The highest BCUT2D eigenvalue weighted by molar-refractivity contribution is 5.84. The summed E-state index contributed by atoms with van der Waals surface area (Å²) in [6.07, 6.45) is 0.825. The molecule has 4 atom stereocenters. The van der Waals surface area contributed by atoms with Crippen LogP contribution in [-0.2, 0) is 4.79 Å². The van der Waals surface area contributed by atoms with E-state index >= 15 is 0 Å². The van der Waals surface area contributed by atoms with Gasteiger partial charge in [0.2, 0.25) is 5.91 Å². The second kappa shape index (κ2) is 5.26. The number of carbonyl (C=O) groups is 1. The standard InChI is InChI=1S/C15H18F2N2O2/c1-8-7-12(8)19-13(18-9(2)14(19)20)10-3-5-11(6-4-10)21-15(16)17/h3-6,8-9,12-13,15,18H,7H2,1-2H3. The van der Waals surface area contributed by atoms with E-state index < -0.39 is 6.61 Å². The molecular formula is C15H18F2N2O2. The lowest BCUT2D eigenvalue weighted by Gasteiger charge is -2.25. The Morgan fingerprint density at radius 3 is 2.43 bits per heavy atom. The SMILES string of the molecule is CC1NC(c2ccc(OC(F)F)cc2)N(C2CC2C)C1=O. The zero-order chi connectivity index (χ0) is 15.1. The molecular weight excluding hydrogens is 278 g/mol. The Hall–Kier alpha value is -1.69. The molecule has 0 aromatic heterocycles. The lowest BCUT2D eigenvalue weighted by molar-refractivity contribution is -0.130. The Bertz CT molecular complexity index is 535. The molecule has 1 saturated carbocycles. The summed E-state index contributed by atoms with van der Waals surface area (Å²) in [6, 6.07) is 6.51. The van der Waals surface area contributed by atoms with Crippen LogP contribution >= 0.6 is 0 Å². The van der Waals surface area contributed by atoms with Gasteiger partial charge in [-0.1, -0.05) is 19.1 Å². The lowest BCUT2D eigenvalue weighted by atomic mass is 10.1. The van der Waals surface area contributed by atoms with Crippen molar-refractivity contribution in [3.8, 4) is 5.75 Å². The molecule has 4 unspecified atom stereocenters. The smallest absolute Gasteiger partial charge is 0.387 e. The van der Waals surface area contributed by atoms with Crippen LogP contribution in [0.1, 0.15) is 32.0 Å². The van der Waals surface area contributed by atoms with E-state index in [4.69, 9.17) is 0 Å². The van der Waals surface area contributed by atoms with Crippen molar-refractivity contribution in [2.75, 3.05) is 0 Å². The number of amides is 1. The largest absolute Gasteiger partial charge is 0.435 e. The summed E-state index contributed by atoms with van der Waals surface area (Å²) >= 11 is 0. The number of hydrogen-bond acceptors (Lipinski definition) is 3. The summed E-state index contributed by atoms with van der Waals surface area (Å²) in [4.78, 5) is 14.2. The molecule has 1 amide bonds. The molecule has 1 aromatic carbocycles. The van der Waals surface area contributed by atoms with Gasteiger partial charge in [0.05, 0.1) is 6.04 Å². The molecule has 2 aliphatic rings. The summed E-state index contributed by atoms with van der Waals surface area (Å²) in [5.74, 6) is 0.740. The Morgan fingerprint density at radius 2 is 1.90 bits per heavy atom. The van der Waals surface area contributed by atoms with Gasteiger partial charge in [0.1, 0.15) is 11.9 Å². The van der Waals surface area contributed by atoms with Crippen molar-refractivity contribution >= 4 is 5.91 Å². The van der Waals surface area contributed by atoms with Crippen molar-refractivity contribution in [1.82, 2.24) is 10.2 Å². The summed E-state index contributed by atoms with van der Waals surface area (Å²) in [6.45, 7) is 1.14. The minimum absolute atomic E-state index is 0.0993. The molecule has 114 valence electrons. The van der Waals surface area contributed by atoms with Crippen LogP contribution in [0, 0.1) is 5.92 Å². The van der Waals surface area contributed by atoms with Gasteiger partial charge in [-0.25, -0.2) is 0 Å². The highest BCUT2D eigenvalue weighted by Crippen LogP contribution is 2.42. The molecule has 1 aromatic rings. The van der Waals surface area contributed by atoms with Crippen molar-refractivity contribution in [3.05, 3.63) is 29.8 Å². The van der Waals surface area contributed by atoms with Crippen molar-refractivity contribution in [1.29, 1.82) is 0 Å². The van der Waals surface area contributed by atoms with E-state index in [-0.39, 0.29) is 29.9 Å². The van der Waals surface area contributed by atoms with E-state index in [1.807, 2.05) is 11.8 Å². The van der Waals surface area contributed by atoms with Crippen LogP contribution < -0.4 is 10.1 Å². The van der Waals surface area contributed by atoms with Gasteiger partial charge in [-0.3, -0.25) is 10.1 Å². The fraction of sp³-hybridized carbons (Fsp3) is 0.533. The molecule has 0 bridgehead atoms. The number of carbonyl (C=O) groups excluding carboxylic acids is 1. The van der Waals surface area contributed by atoms with Crippen LogP contribution in [0.4, 0.5) is 8.78 Å². The lowest BCUT2D eigenvalue weighted by Crippen LogP contribution is -2.33. The molecule has 1 N–H and O–H groups in total. The molecule has 6 heteroatoms.